The van der Waals surface area contributed by atoms with Gasteiger partial charge in [-0.15, -0.1) is 0 Å². The number of ether oxygens (including phenoxy) is 2. The predicted octanol–water partition coefficient (Wildman–Crippen LogP) is 7.18. The van der Waals surface area contributed by atoms with E-state index in [2.05, 4.69) is 35.0 Å². The molecule has 0 spiro atoms. The van der Waals surface area contributed by atoms with Crippen molar-refractivity contribution in [2.24, 2.45) is 5.10 Å². The molecule has 0 aliphatic carbocycles. The van der Waals surface area contributed by atoms with Gasteiger partial charge in [0.25, 0.3) is 5.91 Å². The van der Waals surface area contributed by atoms with E-state index in [1.54, 1.807) is 7.11 Å². The van der Waals surface area contributed by atoms with E-state index in [1.807, 2.05) is 91.0 Å². The molecule has 4 aromatic carbocycles. The van der Waals surface area contributed by atoms with E-state index in [0.29, 0.717) is 35.1 Å². The van der Waals surface area contributed by atoms with Crippen molar-refractivity contribution in [2.75, 3.05) is 12.1 Å². The van der Waals surface area contributed by atoms with Crippen molar-refractivity contribution in [2.45, 2.75) is 13.5 Å². The van der Waals surface area contributed by atoms with E-state index in [1.165, 1.54) is 10.6 Å². The molecule has 0 saturated heterocycles. The summed E-state index contributed by atoms with van der Waals surface area (Å²) in [6.07, 6.45) is 1.84. The third kappa shape index (κ3) is 5.34. The summed E-state index contributed by atoms with van der Waals surface area (Å²) in [5.41, 5.74) is 5.74. The first-order chi connectivity index (χ1) is 18.0. The molecule has 184 valence electrons. The van der Waals surface area contributed by atoms with Gasteiger partial charge in [-0.25, -0.2) is 0 Å². The first-order valence-corrected chi connectivity index (χ1v) is 12.6. The Bertz CT molecular complexity index is 1480. The minimum atomic E-state index is -0.195. The Hall–Kier alpha value is -4.16. The lowest BCUT2D eigenvalue weighted by Crippen LogP contribution is -2.21. The average molecular weight is 553 g/mol. The Kier molecular flexibility index (Phi) is 7.19. The number of hydrazone groups is 1. The van der Waals surface area contributed by atoms with Gasteiger partial charge < -0.3 is 9.47 Å². The number of hydrogen-bond acceptors (Lipinski definition) is 4. The zero-order valence-corrected chi connectivity index (χ0v) is 22.1. The molecule has 0 saturated carbocycles. The first-order valence-electron chi connectivity index (χ1n) is 11.8. The van der Waals surface area contributed by atoms with Crippen LogP contribution in [0.5, 0.6) is 11.5 Å². The number of amides is 1. The van der Waals surface area contributed by atoms with Crippen molar-refractivity contribution in [3.63, 3.8) is 0 Å². The van der Waals surface area contributed by atoms with Crippen molar-refractivity contribution in [1.82, 2.24) is 0 Å². The van der Waals surface area contributed by atoms with Crippen LogP contribution in [0.1, 0.15) is 22.3 Å². The van der Waals surface area contributed by atoms with Gasteiger partial charge in [0, 0.05) is 5.56 Å². The van der Waals surface area contributed by atoms with E-state index in [-0.39, 0.29) is 5.91 Å². The number of carbonyl (C=O) groups is 1. The lowest BCUT2D eigenvalue weighted by Gasteiger charge is -2.14. The van der Waals surface area contributed by atoms with Gasteiger partial charge in [0.05, 0.1) is 22.8 Å². The number of rotatable bonds is 7. The fourth-order valence-electron chi connectivity index (χ4n) is 4.07. The Balaban J connectivity index is 1.50. The van der Waals surface area contributed by atoms with E-state index in [4.69, 9.17) is 14.6 Å². The van der Waals surface area contributed by atoms with Crippen molar-refractivity contribution < 1.29 is 14.3 Å². The van der Waals surface area contributed by atoms with Crippen LogP contribution in [-0.4, -0.2) is 18.7 Å². The van der Waals surface area contributed by atoms with Gasteiger partial charge in [-0.3, -0.25) is 4.79 Å². The smallest absolute Gasteiger partial charge is 0.281 e. The topological polar surface area (TPSA) is 51.1 Å². The Morgan fingerprint density at radius 1 is 0.919 bits per heavy atom. The van der Waals surface area contributed by atoms with E-state index in [9.17, 15) is 4.79 Å². The molecule has 4 aromatic rings. The third-order valence-corrected chi connectivity index (χ3v) is 6.58. The summed E-state index contributed by atoms with van der Waals surface area (Å²) in [6.45, 7) is 2.46. The van der Waals surface area contributed by atoms with E-state index in [0.717, 1.165) is 21.2 Å². The number of aryl methyl sites for hydroxylation is 1. The molecule has 1 heterocycles. The quantitative estimate of drug-likeness (QED) is 0.228. The molecule has 0 aromatic heterocycles. The summed E-state index contributed by atoms with van der Waals surface area (Å²) in [4.78, 5) is 13.6. The van der Waals surface area contributed by atoms with Crippen LogP contribution < -0.4 is 14.5 Å². The average Bonchev–Trinajstić information content (AvgIpc) is 3.25. The van der Waals surface area contributed by atoms with E-state index >= 15 is 0 Å². The van der Waals surface area contributed by atoms with Crippen LogP contribution in [0, 0.1) is 6.92 Å². The molecule has 6 heteroatoms. The van der Waals surface area contributed by atoms with E-state index < -0.39 is 0 Å². The number of carbonyl (C=O) groups excluding carboxylic acids is 1. The van der Waals surface area contributed by atoms with Gasteiger partial charge in [0.1, 0.15) is 12.3 Å². The number of benzene rings is 4. The zero-order chi connectivity index (χ0) is 25.8. The van der Waals surface area contributed by atoms with Crippen LogP contribution in [0.4, 0.5) is 5.69 Å². The molecule has 0 unspecified atom stereocenters. The van der Waals surface area contributed by atoms with Crippen molar-refractivity contribution in [3.8, 4) is 11.5 Å². The third-order valence-electron chi connectivity index (χ3n) is 5.99. The van der Waals surface area contributed by atoms with Crippen molar-refractivity contribution >= 4 is 39.3 Å². The molecule has 1 amide bonds. The molecule has 0 radical (unpaired) electrons. The lowest BCUT2D eigenvalue weighted by atomic mass is 10.00. The standard InChI is InChI=1S/C31H25BrN2O3/c1-21-13-15-22(16-14-21)20-37-30-27(32)18-23(19-28(30)36-2)17-26-29(24-9-5-3-6-10-24)33-34(31(26)35)25-11-7-4-8-12-25/h3-19H,20H2,1-2H3/b26-17-. The fraction of sp³-hybridized carbons (Fsp3) is 0.0968. The zero-order valence-electron chi connectivity index (χ0n) is 20.5. The number of nitrogens with zero attached hydrogens (tertiary/aromatic N) is 2. The molecular weight excluding hydrogens is 528 g/mol. The van der Waals surface area contributed by atoms with Crippen LogP contribution in [0.3, 0.4) is 0 Å². The summed E-state index contributed by atoms with van der Waals surface area (Å²) in [7, 11) is 1.60. The van der Waals surface area contributed by atoms with Crippen LogP contribution >= 0.6 is 15.9 Å². The number of hydrogen-bond donors (Lipinski definition) is 0. The number of para-hydroxylation sites is 1. The maximum atomic E-state index is 13.6. The van der Waals surface area contributed by atoms with Gasteiger partial charge in [-0.2, -0.15) is 10.1 Å². The molecule has 37 heavy (non-hydrogen) atoms. The van der Waals surface area contributed by atoms with Crippen molar-refractivity contribution in [1.29, 1.82) is 0 Å². The lowest BCUT2D eigenvalue weighted by molar-refractivity contribution is -0.114. The van der Waals surface area contributed by atoms with Gasteiger partial charge in [-0.1, -0.05) is 78.4 Å². The monoisotopic (exact) mass is 552 g/mol. The summed E-state index contributed by atoms with van der Waals surface area (Å²) >= 11 is 3.64. The highest BCUT2D eigenvalue weighted by Gasteiger charge is 2.32. The van der Waals surface area contributed by atoms with Gasteiger partial charge in [-0.05, 0) is 64.3 Å². The predicted molar refractivity (Wildman–Crippen MR) is 151 cm³/mol. The minimum absolute atomic E-state index is 0.195. The maximum absolute atomic E-state index is 13.6. The highest BCUT2D eigenvalue weighted by Crippen LogP contribution is 2.38. The fourth-order valence-corrected chi connectivity index (χ4v) is 4.64. The normalized spacial score (nSPS) is 14.1. The van der Waals surface area contributed by atoms with Crippen LogP contribution in [0.2, 0.25) is 0 Å². The first kappa shape index (κ1) is 24.5. The summed E-state index contributed by atoms with van der Waals surface area (Å²) in [6, 6.07) is 31.1. The highest BCUT2D eigenvalue weighted by atomic mass is 79.9. The Morgan fingerprint density at radius 3 is 2.27 bits per heavy atom. The summed E-state index contributed by atoms with van der Waals surface area (Å²) in [5, 5.41) is 6.15. The summed E-state index contributed by atoms with van der Waals surface area (Å²) < 4.78 is 12.5. The van der Waals surface area contributed by atoms with Gasteiger partial charge in [0.15, 0.2) is 11.5 Å². The molecule has 5 rings (SSSR count). The second-order valence-electron chi connectivity index (χ2n) is 8.63. The maximum Gasteiger partial charge on any atom is 0.281 e. The number of methoxy groups -OCH3 is 1. The Labute approximate surface area is 224 Å². The molecule has 0 N–H and O–H groups in total. The highest BCUT2D eigenvalue weighted by molar-refractivity contribution is 9.10. The SMILES string of the molecule is COc1cc(/C=C2\C(=O)N(c3ccccc3)N=C2c2ccccc2)cc(Br)c1OCc1ccc(C)cc1. The molecule has 5 nitrogen and oxygen atoms in total. The molecule has 0 bridgehead atoms. The number of halogens is 1. The van der Waals surface area contributed by atoms with Crippen LogP contribution in [0.15, 0.2) is 112 Å². The molecule has 0 atom stereocenters. The van der Waals surface area contributed by atoms with Gasteiger partial charge in [0.2, 0.25) is 0 Å². The second kappa shape index (κ2) is 10.8. The summed E-state index contributed by atoms with van der Waals surface area (Å²) in [5.74, 6) is 0.975. The van der Waals surface area contributed by atoms with Gasteiger partial charge >= 0.3 is 0 Å². The Morgan fingerprint density at radius 2 is 1.59 bits per heavy atom. The number of anilines is 1. The molecular formula is C31H25BrN2O3. The van der Waals surface area contributed by atoms with Crippen LogP contribution in [0.25, 0.3) is 6.08 Å². The minimum Gasteiger partial charge on any atom is -0.493 e. The molecule has 1 aliphatic rings. The molecule has 0 fully saturated rings. The molecule has 1 aliphatic heterocycles. The second-order valence-corrected chi connectivity index (χ2v) is 9.49. The van der Waals surface area contributed by atoms with Crippen LogP contribution in [-0.2, 0) is 11.4 Å². The largest absolute Gasteiger partial charge is 0.493 e. The van der Waals surface area contributed by atoms with Crippen molar-refractivity contribution in [3.05, 3.63) is 129 Å².